The third-order valence-electron chi connectivity index (χ3n) is 3.48. The van der Waals surface area contributed by atoms with Crippen LogP contribution in [0.25, 0.3) is 5.69 Å². The van der Waals surface area contributed by atoms with E-state index in [4.69, 9.17) is 0 Å². The molecule has 9 nitrogen and oxygen atoms in total. The van der Waals surface area contributed by atoms with Crippen molar-refractivity contribution in [1.82, 2.24) is 40.9 Å². The molecule has 0 aliphatic carbocycles. The fourth-order valence-electron chi connectivity index (χ4n) is 2.19. The quantitative estimate of drug-likeness (QED) is 0.604. The number of aryl methyl sites for hydroxylation is 1. The predicted octanol–water partition coefficient (Wildman–Crippen LogP) is 0.928. The first-order valence-corrected chi connectivity index (χ1v) is 8.66. The molecular formula is C15H18N8OS. The van der Waals surface area contributed by atoms with Crippen LogP contribution in [0.2, 0.25) is 0 Å². The molecule has 1 atom stereocenters. The molecule has 3 rings (SSSR count). The maximum absolute atomic E-state index is 12.2. The molecule has 1 amide bonds. The van der Waals surface area contributed by atoms with Crippen LogP contribution < -0.4 is 5.32 Å². The van der Waals surface area contributed by atoms with Gasteiger partial charge in [-0.3, -0.25) is 4.79 Å². The van der Waals surface area contributed by atoms with Gasteiger partial charge in [-0.1, -0.05) is 23.9 Å². The number of nitrogens with zero attached hydrogens (tertiary/aromatic N) is 6. The van der Waals surface area contributed by atoms with Gasteiger partial charge in [-0.05, 0) is 42.0 Å². The monoisotopic (exact) mass is 358 g/mol. The molecule has 0 saturated heterocycles. The fraction of sp³-hybridized carbons (Fsp3) is 0.333. The third-order valence-corrected chi connectivity index (χ3v) is 4.52. The number of H-pyrrole nitrogens is 1. The Labute approximate surface area is 148 Å². The molecular weight excluding hydrogens is 340 g/mol. The number of amides is 1. The lowest BCUT2D eigenvalue weighted by Crippen LogP contribution is -2.32. The topological polar surface area (TPSA) is 114 Å². The van der Waals surface area contributed by atoms with Crippen LogP contribution in [0.15, 0.2) is 35.6 Å². The number of aromatic nitrogens is 7. The van der Waals surface area contributed by atoms with Gasteiger partial charge >= 0.3 is 0 Å². The van der Waals surface area contributed by atoms with Gasteiger partial charge in [0.25, 0.3) is 0 Å². The Balaban J connectivity index is 1.58. The van der Waals surface area contributed by atoms with E-state index < -0.39 is 0 Å². The van der Waals surface area contributed by atoms with Crippen LogP contribution in [0.1, 0.15) is 18.2 Å². The van der Waals surface area contributed by atoms with Gasteiger partial charge in [-0.15, -0.1) is 5.10 Å². The first-order chi connectivity index (χ1) is 12.1. The number of rotatable bonds is 7. The van der Waals surface area contributed by atoms with E-state index >= 15 is 0 Å². The Morgan fingerprint density at radius 3 is 3.08 bits per heavy atom. The molecule has 0 aliphatic heterocycles. The van der Waals surface area contributed by atoms with Crippen molar-refractivity contribution in [3.8, 4) is 5.69 Å². The molecule has 1 aromatic carbocycles. The van der Waals surface area contributed by atoms with Gasteiger partial charge in [0.05, 0.1) is 22.8 Å². The van der Waals surface area contributed by atoms with Crippen molar-refractivity contribution in [2.45, 2.75) is 30.7 Å². The Bertz CT molecular complexity index is 832. The highest BCUT2D eigenvalue weighted by atomic mass is 32.2. The van der Waals surface area contributed by atoms with E-state index in [1.54, 1.807) is 10.9 Å². The molecule has 0 radical (unpaired) electrons. The molecule has 2 aromatic heterocycles. The molecule has 25 heavy (non-hydrogen) atoms. The molecule has 2 N–H and O–H groups in total. The molecule has 0 unspecified atom stereocenters. The number of hydrogen-bond acceptors (Lipinski definition) is 7. The van der Waals surface area contributed by atoms with Crippen molar-refractivity contribution >= 4 is 17.7 Å². The number of aromatic amines is 1. The highest BCUT2D eigenvalue weighted by molar-refractivity contribution is 8.00. The summed E-state index contributed by atoms with van der Waals surface area (Å²) in [6, 6.07) is 7.87. The van der Waals surface area contributed by atoms with Crippen LogP contribution >= 0.6 is 11.8 Å². The lowest BCUT2D eigenvalue weighted by molar-refractivity contribution is -0.120. The number of carbonyl (C=O) groups is 1. The molecule has 130 valence electrons. The van der Waals surface area contributed by atoms with E-state index in [1.165, 1.54) is 11.8 Å². The summed E-state index contributed by atoms with van der Waals surface area (Å²) in [5.41, 5.74) is 2.79. The Morgan fingerprint density at radius 2 is 2.32 bits per heavy atom. The zero-order valence-corrected chi connectivity index (χ0v) is 14.7. The number of carbonyl (C=O) groups excluding carboxylic acids is 1. The van der Waals surface area contributed by atoms with Gasteiger partial charge in [-0.25, -0.2) is 0 Å². The van der Waals surface area contributed by atoms with Crippen LogP contribution in [-0.2, 0) is 11.2 Å². The van der Waals surface area contributed by atoms with E-state index in [0.717, 1.165) is 16.9 Å². The second-order valence-corrected chi connectivity index (χ2v) is 6.78. The Hall–Kier alpha value is -2.75. The lowest BCUT2D eigenvalue weighted by atomic mass is 10.2. The third kappa shape index (κ3) is 4.41. The van der Waals surface area contributed by atoms with Crippen molar-refractivity contribution in [2.24, 2.45) is 0 Å². The van der Waals surface area contributed by atoms with E-state index in [9.17, 15) is 4.79 Å². The van der Waals surface area contributed by atoms with Gasteiger partial charge < -0.3 is 5.32 Å². The summed E-state index contributed by atoms with van der Waals surface area (Å²) in [6.07, 6.45) is 2.26. The molecule has 0 saturated carbocycles. The average Bonchev–Trinajstić information content (AvgIpc) is 3.26. The minimum Gasteiger partial charge on any atom is -0.355 e. The molecule has 0 bridgehead atoms. The maximum Gasteiger partial charge on any atom is 0.233 e. The number of nitrogens with one attached hydrogen (secondary N) is 2. The number of tetrazole rings is 1. The summed E-state index contributed by atoms with van der Waals surface area (Å²) in [5, 5.41) is 25.1. The van der Waals surface area contributed by atoms with Gasteiger partial charge in [0.1, 0.15) is 0 Å². The summed E-state index contributed by atoms with van der Waals surface area (Å²) >= 11 is 1.31. The summed E-state index contributed by atoms with van der Waals surface area (Å²) in [6.45, 7) is 4.33. The molecule has 2 heterocycles. The molecule has 3 aromatic rings. The predicted molar refractivity (Wildman–Crippen MR) is 92.3 cm³/mol. The van der Waals surface area contributed by atoms with Crippen LogP contribution in [0.4, 0.5) is 0 Å². The van der Waals surface area contributed by atoms with E-state index in [0.29, 0.717) is 18.1 Å². The van der Waals surface area contributed by atoms with Crippen molar-refractivity contribution in [2.75, 3.05) is 6.54 Å². The normalized spacial score (nSPS) is 12.1. The highest BCUT2D eigenvalue weighted by Gasteiger charge is 2.19. The molecule has 10 heteroatoms. The van der Waals surface area contributed by atoms with Crippen molar-refractivity contribution in [3.63, 3.8) is 0 Å². The van der Waals surface area contributed by atoms with Crippen LogP contribution in [0, 0.1) is 6.92 Å². The summed E-state index contributed by atoms with van der Waals surface area (Å²) in [5.74, 6) is -0.0766. The summed E-state index contributed by atoms with van der Waals surface area (Å²) in [4.78, 5) is 12.2. The minimum absolute atomic E-state index is 0.0766. The summed E-state index contributed by atoms with van der Waals surface area (Å²) in [7, 11) is 0. The Kier molecular flexibility index (Phi) is 5.39. The van der Waals surface area contributed by atoms with Crippen molar-refractivity contribution in [3.05, 3.63) is 41.7 Å². The van der Waals surface area contributed by atoms with Crippen molar-refractivity contribution < 1.29 is 4.79 Å². The zero-order chi connectivity index (χ0) is 17.6. The summed E-state index contributed by atoms with van der Waals surface area (Å²) < 4.78 is 1.64. The van der Waals surface area contributed by atoms with Crippen molar-refractivity contribution in [1.29, 1.82) is 0 Å². The fourth-order valence-corrected chi connectivity index (χ4v) is 3.02. The molecule has 0 aliphatic rings. The SMILES string of the molecule is Cc1cccc(-n2nnnc2S[C@H](C)C(=O)NCCc2cn[nH]n2)c1. The standard InChI is InChI=1S/C15H18N8OS/c1-10-4-3-5-13(8-10)23-15(19-21-22-23)25-11(2)14(24)16-7-6-12-9-17-20-18-12/h3-5,8-9,11H,6-7H2,1-2H3,(H,16,24)(H,17,18,20)/t11-/m1/s1. The van der Waals surface area contributed by atoms with Crippen LogP contribution in [0.3, 0.4) is 0 Å². The highest BCUT2D eigenvalue weighted by Crippen LogP contribution is 2.23. The van der Waals surface area contributed by atoms with Gasteiger partial charge in [0.15, 0.2) is 0 Å². The van der Waals surface area contributed by atoms with E-state index in [1.807, 2.05) is 38.1 Å². The van der Waals surface area contributed by atoms with E-state index in [2.05, 4.69) is 36.3 Å². The number of thioether (sulfide) groups is 1. The first kappa shape index (κ1) is 17.1. The second-order valence-electron chi connectivity index (χ2n) is 5.47. The molecule has 0 fully saturated rings. The first-order valence-electron chi connectivity index (χ1n) is 7.78. The van der Waals surface area contributed by atoms with Gasteiger partial charge in [0, 0.05) is 13.0 Å². The second kappa shape index (κ2) is 7.88. The molecule has 0 spiro atoms. The van der Waals surface area contributed by atoms with Gasteiger partial charge in [-0.2, -0.15) is 20.1 Å². The zero-order valence-electron chi connectivity index (χ0n) is 13.9. The van der Waals surface area contributed by atoms with Gasteiger partial charge in [0.2, 0.25) is 11.1 Å². The number of hydrogen-bond donors (Lipinski definition) is 2. The minimum atomic E-state index is -0.327. The van der Waals surface area contributed by atoms with Crippen LogP contribution in [-0.4, -0.2) is 53.3 Å². The maximum atomic E-state index is 12.2. The average molecular weight is 358 g/mol. The smallest absolute Gasteiger partial charge is 0.233 e. The van der Waals surface area contributed by atoms with E-state index in [-0.39, 0.29) is 11.2 Å². The number of benzene rings is 1. The van der Waals surface area contributed by atoms with Crippen LogP contribution in [0.5, 0.6) is 0 Å². The largest absolute Gasteiger partial charge is 0.355 e. The lowest BCUT2D eigenvalue weighted by Gasteiger charge is -2.11. The Morgan fingerprint density at radius 1 is 1.44 bits per heavy atom.